The third kappa shape index (κ3) is 5.58. The maximum absolute atomic E-state index is 12.6. The number of aromatic nitrogens is 1. The van der Waals surface area contributed by atoms with E-state index in [1.54, 1.807) is 10.8 Å². The van der Waals surface area contributed by atoms with E-state index in [1.807, 2.05) is 39.0 Å². The van der Waals surface area contributed by atoms with Crippen LogP contribution in [-0.2, 0) is 4.74 Å². The van der Waals surface area contributed by atoms with Crippen molar-refractivity contribution < 1.29 is 9.53 Å². The Labute approximate surface area is 199 Å². The van der Waals surface area contributed by atoms with Crippen molar-refractivity contribution in [1.82, 2.24) is 4.57 Å². The number of fused-ring (bicyclic) bond motifs is 1. The van der Waals surface area contributed by atoms with E-state index in [2.05, 4.69) is 57.9 Å². The Morgan fingerprint density at radius 2 is 2.00 bits per heavy atom. The van der Waals surface area contributed by atoms with Gasteiger partial charge in [-0.2, -0.15) is 0 Å². The summed E-state index contributed by atoms with van der Waals surface area (Å²) in [6, 6.07) is 7.98. The van der Waals surface area contributed by atoms with Gasteiger partial charge in [0, 0.05) is 11.6 Å². The van der Waals surface area contributed by atoms with E-state index in [4.69, 9.17) is 4.74 Å². The first-order valence-corrected chi connectivity index (χ1v) is 11.9. The standard InChI is InChI=1S/C30H39NO2/c1-9-30(8)18-16-24(20-26(30)21(2)3)22(4)12-10-13-23-14-11-15-27-25(23)17-19-31(27)28(32)33-29(5,6)7/h9-11,13-15,17,19,24,26H,1-2,4,12,16,18,20H2,3,5-8H3/b13-10+/t24-,26+,30-/m1/s1. The summed E-state index contributed by atoms with van der Waals surface area (Å²) in [5.41, 5.74) is 4.07. The molecule has 1 aliphatic rings. The summed E-state index contributed by atoms with van der Waals surface area (Å²) in [4.78, 5) is 12.6. The molecule has 1 aromatic carbocycles. The fourth-order valence-corrected chi connectivity index (χ4v) is 5.02. The van der Waals surface area contributed by atoms with Crippen LogP contribution in [0.1, 0.15) is 65.9 Å². The Morgan fingerprint density at radius 1 is 1.27 bits per heavy atom. The van der Waals surface area contributed by atoms with Gasteiger partial charge in [0.15, 0.2) is 0 Å². The Balaban J connectivity index is 1.71. The Morgan fingerprint density at radius 3 is 2.64 bits per heavy atom. The highest BCUT2D eigenvalue weighted by atomic mass is 16.6. The van der Waals surface area contributed by atoms with Gasteiger partial charge in [0.05, 0.1) is 5.52 Å². The quantitative estimate of drug-likeness (QED) is 0.417. The van der Waals surface area contributed by atoms with Crippen LogP contribution < -0.4 is 0 Å². The average Bonchev–Trinajstić information content (AvgIpc) is 3.17. The Hall–Kier alpha value is -2.81. The van der Waals surface area contributed by atoms with E-state index in [9.17, 15) is 4.79 Å². The van der Waals surface area contributed by atoms with E-state index in [1.165, 1.54) is 11.1 Å². The molecule has 0 amide bonds. The summed E-state index contributed by atoms with van der Waals surface area (Å²) in [6.45, 7) is 22.8. The van der Waals surface area contributed by atoms with Crippen molar-refractivity contribution in [2.24, 2.45) is 17.3 Å². The highest BCUT2D eigenvalue weighted by Gasteiger charge is 2.38. The van der Waals surface area contributed by atoms with Crippen molar-refractivity contribution in [3.8, 4) is 0 Å². The van der Waals surface area contributed by atoms with Gasteiger partial charge in [-0.25, -0.2) is 4.79 Å². The lowest BCUT2D eigenvalue weighted by molar-refractivity contribution is 0.0544. The SMILES string of the molecule is C=C[C@]1(C)CC[C@@H](C(=C)C/C=C/c2cccc3c2ccn3C(=O)OC(C)(C)C)C[C@H]1C(=C)C. The lowest BCUT2D eigenvalue weighted by atomic mass is 9.61. The first-order valence-electron chi connectivity index (χ1n) is 11.9. The minimum atomic E-state index is -0.531. The Kier molecular flexibility index (Phi) is 7.21. The zero-order chi connectivity index (χ0) is 24.4. The minimum Gasteiger partial charge on any atom is -0.443 e. The molecule has 0 N–H and O–H groups in total. The van der Waals surface area contributed by atoms with Crippen LogP contribution in [0.25, 0.3) is 17.0 Å². The minimum absolute atomic E-state index is 0.134. The zero-order valence-electron chi connectivity index (χ0n) is 21.0. The molecule has 1 aromatic heterocycles. The van der Waals surface area contributed by atoms with Crippen LogP contribution in [0.3, 0.4) is 0 Å². The monoisotopic (exact) mass is 445 g/mol. The number of allylic oxidation sites excluding steroid dienone is 4. The van der Waals surface area contributed by atoms with Crippen LogP contribution in [0.4, 0.5) is 4.79 Å². The third-order valence-corrected chi connectivity index (χ3v) is 7.02. The molecular weight excluding hydrogens is 406 g/mol. The predicted octanol–water partition coefficient (Wildman–Crippen LogP) is 8.57. The first-order chi connectivity index (χ1) is 15.4. The van der Waals surface area contributed by atoms with Crippen LogP contribution in [0.5, 0.6) is 0 Å². The molecule has 0 radical (unpaired) electrons. The molecule has 33 heavy (non-hydrogen) atoms. The Bertz CT molecular complexity index is 1090. The number of ether oxygens (including phenoxy) is 1. The number of rotatable bonds is 6. The molecule has 1 heterocycles. The molecule has 1 fully saturated rings. The van der Waals surface area contributed by atoms with Crippen LogP contribution in [-0.4, -0.2) is 16.3 Å². The summed E-state index contributed by atoms with van der Waals surface area (Å²) in [7, 11) is 0. The van der Waals surface area contributed by atoms with Gasteiger partial charge in [-0.1, -0.05) is 61.6 Å². The number of hydrogen-bond donors (Lipinski definition) is 0. The molecule has 1 aliphatic carbocycles. The van der Waals surface area contributed by atoms with Gasteiger partial charge in [-0.15, -0.1) is 6.58 Å². The molecule has 1 saturated carbocycles. The van der Waals surface area contributed by atoms with Crippen LogP contribution >= 0.6 is 0 Å². The third-order valence-electron chi connectivity index (χ3n) is 7.02. The molecule has 0 aliphatic heterocycles. The average molecular weight is 446 g/mol. The lowest BCUT2D eigenvalue weighted by Crippen LogP contribution is -2.33. The molecule has 0 saturated heterocycles. The number of nitrogens with zero attached hydrogens (tertiary/aromatic N) is 1. The molecule has 3 heteroatoms. The van der Waals surface area contributed by atoms with Gasteiger partial charge >= 0.3 is 6.09 Å². The van der Waals surface area contributed by atoms with Crippen LogP contribution in [0.2, 0.25) is 0 Å². The zero-order valence-corrected chi connectivity index (χ0v) is 21.0. The second-order valence-electron chi connectivity index (χ2n) is 10.8. The molecule has 2 aromatic rings. The van der Waals surface area contributed by atoms with Gasteiger partial charge in [-0.3, -0.25) is 4.57 Å². The van der Waals surface area contributed by atoms with E-state index in [0.717, 1.165) is 42.1 Å². The van der Waals surface area contributed by atoms with Crippen molar-refractivity contribution in [2.75, 3.05) is 0 Å². The fraction of sp³-hybridized carbons (Fsp3) is 0.433. The normalized spacial score (nSPS) is 23.5. The highest BCUT2D eigenvalue weighted by Crippen LogP contribution is 2.49. The first kappa shape index (κ1) is 24.8. The summed E-state index contributed by atoms with van der Waals surface area (Å²) in [5.74, 6) is 0.962. The van der Waals surface area contributed by atoms with Gasteiger partial charge in [-0.05, 0) is 88.3 Å². The van der Waals surface area contributed by atoms with E-state index in [-0.39, 0.29) is 11.5 Å². The molecule has 3 rings (SSSR count). The van der Waals surface area contributed by atoms with E-state index < -0.39 is 5.60 Å². The van der Waals surface area contributed by atoms with Crippen molar-refractivity contribution in [1.29, 1.82) is 0 Å². The van der Waals surface area contributed by atoms with E-state index >= 15 is 0 Å². The van der Waals surface area contributed by atoms with Gasteiger partial charge < -0.3 is 4.74 Å². The van der Waals surface area contributed by atoms with Crippen molar-refractivity contribution >= 4 is 23.1 Å². The summed E-state index contributed by atoms with van der Waals surface area (Å²) >= 11 is 0. The largest absolute Gasteiger partial charge is 0.443 e. The second-order valence-corrected chi connectivity index (χ2v) is 10.8. The molecule has 3 atom stereocenters. The number of carbonyl (C=O) groups is 1. The summed E-state index contributed by atoms with van der Waals surface area (Å²) in [6.07, 6.45) is 12.1. The highest BCUT2D eigenvalue weighted by molar-refractivity contribution is 5.94. The maximum Gasteiger partial charge on any atom is 0.418 e. The number of carbonyl (C=O) groups excluding carboxylic acids is 1. The molecule has 0 spiro atoms. The predicted molar refractivity (Wildman–Crippen MR) is 140 cm³/mol. The number of benzene rings is 1. The van der Waals surface area contributed by atoms with Gasteiger partial charge in [0.2, 0.25) is 0 Å². The van der Waals surface area contributed by atoms with Gasteiger partial charge in [0.25, 0.3) is 0 Å². The van der Waals surface area contributed by atoms with Crippen molar-refractivity contribution in [3.05, 3.63) is 79.1 Å². The molecule has 176 valence electrons. The van der Waals surface area contributed by atoms with Crippen molar-refractivity contribution in [3.63, 3.8) is 0 Å². The lowest BCUT2D eigenvalue weighted by Gasteiger charge is -2.43. The second kappa shape index (κ2) is 9.59. The molecular formula is C30H39NO2. The fourth-order valence-electron chi connectivity index (χ4n) is 5.02. The van der Waals surface area contributed by atoms with Crippen LogP contribution in [0.15, 0.2) is 73.5 Å². The van der Waals surface area contributed by atoms with Crippen LogP contribution in [0, 0.1) is 17.3 Å². The van der Waals surface area contributed by atoms with Gasteiger partial charge in [0.1, 0.15) is 5.60 Å². The maximum atomic E-state index is 12.6. The summed E-state index contributed by atoms with van der Waals surface area (Å²) in [5, 5.41) is 1.03. The molecule has 0 unspecified atom stereocenters. The topological polar surface area (TPSA) is 31.2 Å². The smallest absolute Gasteiger partial charge is 0.418 e. The number of hydrogen-bond acceptors (Lipinski definition) is 2. The summed E-state index contributed by atoms with van der Waals surface area (Å²) < 4.78 is 7.12. The van der Waals surface area contributed by atoms with Crippen molar-refractivity contribution in [2.45, 2.75) is 65.9 Å². The molecule has 3 nitrogen and oxygen atoms in total. The van der Waals surface area contributed by atoms with E-state index in [0.29, 0.717) is 11.8 Å². The molecule has 0 bridgehead atoms.